The van der Waals surface area contributed by atoms with Gasteiger partial charge in [-0.2, -0.15) is 0 Å². The second-order valence-corrected chi connectivity index (χ2v) is 4.35. The van der Waals surface area contributed by atoms with Gasteiger partial charge in [-0.25, -0.2) is 0 Å². The van der Waals surface area contributed by atoms with E-state index in [1.807, 2.05) is 6.08 Å². The van der Waals surface area contributed by atoms with Gasteiger partial charge < -0.3 is 5.11 Å². The lowest BCUT2D eigenvalue weighted by atomic mass is 9.89. The van der Waals surface area contributed by atoms with Gasteiger partial charge >= 0.3 is 0 Å². The molecule has 1 N–H and O–H groups in total. The minimum Gasteiger partial charge on any atom is -0.393 e. The zero-order valence-corrected chi connectivity index (χ0v) is 7.78. The lowest BCUT2D eigenvalue weighted by Gasteiger charge is -2.14. The Labute approximate surface area is 78.6 Å². The van der Waals surface area contributed by atoms with Crippen molar-refractivity contribution in [3.63, 3.8) is 0 Å². The highest BCUT2D eigenvalue weighted by Crippen LogP contribution is 2.46. The second-order valence-electron chi connectivity index (χ2n) is 4.35. The van der Waals surface area contributed by atoms with E-state index < -0.39 is 0 Å². The maximum absolute atomic E-state index is 11.6. The van der Waals surface area contributed by atoms with Crippen LogP contribution >= 0.6 is 0 Å². The molecule has 0 amide bonds. The highest BCUT2D eigenvalue weighted by atomic mass is 16.3. The molecule has 0 aliphatic heterocycles. The molecule has 0 aromatic heterocycles. The minimum atomic E-state index is -0.157. The van der Waals surface area contributed by atoms with Crippen LogP contribution in [0.5, 0.6) is 0 Å². The highest BCUT2D eigenvalue weighted by Gasteiger charge is 2.46. The maximum atomic E-state index is 11.6. The third-order valence-corrected chi connectivity index (χ3v) is 3.54. The van der Waals surface area contributed by atoms with Crippen LogP contribution in [0.3, 0.4) is 0 Å². The molecule has 0 aromatic rings. The second kappa shape index (κ2) is 3.26. The fraction of sp³-hybridized carbons (Fsp3) is 0.727. The van der Waals surface area contributed by atoms with Crippen molar-refractivity contribution in [2.45, 2.75) is 31.8 Å². The quantitative estimate of drug-likeness (QED) is 0.654. The van der Waals surface area contributed by atoms with E-state index in [0.29, 0.717) is 24.0 Å². The molecule has 4 atom stereocenters. The number of rotatable bonds is 2. The van der Waals surface area contributed by atoms with E-state index in [2.05, 4.69) is 6.58 Å². The molecule has 2 aliphatic rings. The van der Waals surface area contributed by atoms with E-state index in [0.717, 1.165) is 19.3 Å². The molecule has 0 aromatic carbocycles. The summed E-state index contributed by atoms with van der Waals surface area (Å²) in [5, 5.41) is 9.47. The monoisotopic (exact) mass is 180 g/mol. The van der Waals surface area contributed by atoms with Gasteiger partial charge in [-0.1, -0.05) is 6.08 Å². The van der Waals surface area contributed by atoms with Crippen molar-refractivity contribution in [3.8, 4) is 0 Å². The van der Waals surface area contributed by atoms with Crippen LogP contribution in [0, 0.1) is 17.8 Å². The molecule has 0 heterocycles. The number of Topliss-reactive ketones (excluding diaryl/α,β-unsaturated/α-hetero) is 1. The van der Waals surface area contributed by atoms with Crippen LogP contribution in [0.4, 0.5) is 0 Å². The summed E-state index contributed by atoms with van der Waals surface area (Å²) >= 11 is 0. The summed E-state index contributed by atoms with van der Waals surface area (Å²) in [5.74, 6) is 1.47. The van der Waals surface area contributed by atoms with Crippen molar-refractivity contribution in [2.24, 2.45) is 17.8 Å². The number of hydrogen-bond donors (Lipinski definition) is 1. The number of ketones is 1. The number of fused-ring (bicyclic) bond motifs is 1. The van der Waals surface area contributed by atoms with Crippen molar-refractivity contribution in [1.82, 2.24) is 0 Å². The van der Waals surface area contributed by atoms with Crippen LogP contribution in [0.1, 0.15) is 25.7 Å². The van der Waals surface area contributed by atoms with Gasteiger partial charge in [0.15, 0.2) is 0 Å². The van der Waals surface area contributed by atoms with Gasteiger partial charge in [0.25, 0.3) is 0 Å². The molecule has 2 saturated carbocycles. The third-order valence-electron chi connectivity index (χ3n) is 3.54. The van der Waals surface area contributed by atoms with Crippen LogP contribution in [-0.2, 0) is 4.79 Å². The number of aliphatic hydroxyl groups is 1. The van der Waals surface area contributed by atoms with Crippen molar-refractivity contribution < 1.29 is 9.90 Å². The SMILES string of the molecule is C=CC[C@@H]1C(=O)C[C@@H]2C[C@H](O)C[C@@H]21. The van der Waals surface area contributed by atoms with Crippen molar-refractivity contribution >= 4 is 5.78 Å². The van der Waals surface area contributed by atoms with E-state index in [9.17, 15) is 9.90 Å². The Morgan fingerprint density at radius 3 is 3.00 bits per heavy atom. The van der Waals surface area contributed by atoms with Gasteiger partial charge in [-0.3, -0.25) is 4.79 Å². The third kappa shape index (κ3) is 1.44. The molecule has 2 rings (SSSR count). The predicted octanol–water partition coefficient (Wildman–Crippen LogP) is 1.54. The van der Waals surface area contributed by atoms with Crippen LogP contribution in [-0.4, -0.2) is 17.0 Å². The first kappa shape index (κ1) is 8.95. The molecular formula is C11H16O2. The summed E-state index contributed by atoms with van der Waals surface area (Å²) in [6.45, 7) is 3.68. The number of carbonyl (C=O) groups is 1. The predicted molar refractivity (Wildman–Crippen MR) is 50.1 cm³/mol. The molecular weight excluding hydrogens is 164 g/mol. The normalized spacial score (nSPS) is 43.6. The first-order valence-electron chi connectivity index (χ1n) is 5.04. The Bertz CT molecular complexity index is 234. The molecule has 0 spiro atoms. The summed E-state index contributed by atoms with van der Waals surface area (Å²) in [5.41, 5.74) is 0. The average Bonchev–Trinajstić information content (AvgIpc) is 2.52. The summed E-state index contributed by atoms with van der Waals surface area (Å²) in [6, 6.07) is 0. The van der Waals surface area contributed by atoms with E-state index >= 15 is 0 Å². The molecule has 2 fully saturated rings. The number of allylic oxidation sites excluding steroid dienone is 1. The average molecular weight is 180 g/mol. The standard InChI is InChI=1S/C11H16O2/c1-2-3-9-10-6-8(12)4-7(10)5-11(9)13/h2,7-10,12H,1,3-6H2/t7-,8-,9-,10-/m0/s1. The molecule has 0 unspecified atom stereocenters. The highest BCUT2D eigenvalue weighted by molar-refractivity contribution is 5.84. The Morgan fingerprint density at radius 1 is 1.54 bits per heavy atom. The molecule has 0 bridgehead atoms. The summed E-state index contributed by atoms with van der Waals surface area (Å²) < 4.78 is 0. The number of aliphatic hydroxyl groups excluding tert-OH is 1. The summed E-state index contributed by atoms with van der Waals surface area (Å²) in [6.07, 6.45) is 4.83. The summed E-state index contributed by atoms with van der Waals surface area (Å²) in [4.78, 5) is 11.6. The van der Waals surface area contributed by atoms with E-state index in [1.54, 1.807) is 0 Å². The van der Waals surface area contributed by atoms with Crippen LogP contribution in [0.2, 0.25) is 0 Å². The summed E-state index contributed by atoms with van der Waals surface area (Å²) in [7, 11) is 0. The Hall–Kier alpha value is -0.630. The fourth-order valence-corrected chi connectivity index (χ4v) is 2.99. The van der Waals surface area contributed by atoms with Gasteiger partial charge in [-0.05, 0) is 31.1 Å². The zero-order chi connectivity index (χ0) is 9.42. The maximum Gasteiger partial charge on any atom is 0.136 e. The van der Waals surface area contributed by atoms with Crippen molar-refractivity contribution in [1.29, 1.82) is 0 Å². The van der Waals surface area contributed by atoms with Crippen LogP contribution in [0.15, 0.2) is 12.7 Å². The smallest absolute Gasteiger partial charge is 0.136 e. The van der Waals surface area contributed by atoms with Crippen LogP contribution < -0.4 is 0 Å². The van der Waals surface area contributed by atoms with Gasteiger partial charge in [-0.15, -0.1) is 6.58 Å². The Balaban J connectivity index is 2.09. The van der Waals surface area contributed by atoms with E-state index in [1.165, 1.54) is 0 Å². The van der Waals surface area contributed by atoms with Crippen molar-refractivity contribution in [3.05, 3.63) is 12.7 Å². The molecule has 2 heteroatoms. The topological polar surface area (TPSA) is 37.3 Å². The lowest BCUT2D eigenvalue weighted by Crippen LogP contribution is -2.15. The largest absolute Gasteiger partial charge is 0.393 e. The molecule has 72 valence electrons. The molecule has 2 aliphatic carbocycles. The minimum absolute atomic E-state index is 0.157. The first-order chi connectivity index (χ1) is 6.22. The van der Waals surface area contributed by atoms with Crippen LogP contribution in [0.25, 0.3) is 0 Å². The number of carbonyl (C=O) groups excluding carboxylic acids is 1. The van der Waals surface area contributed by atoms with E-state index in [-0.39, 0.29) is 12.0 Å². The lowest BCUT2D eigenvalue weighted by molar-refractivity contribution is -0.121. The first-order valence-corrected chi connectivity index (χ1v) is 5.04. The van der Waals surface area contributed by atoms with E-state index in [4.69, 9.17) is 0 Å². The Morgan fingerprint density at radius 2 is 2.31 bits per heavy atom. The number of hydrogen-bond acceptors (Lipinski definition) is 2. The zero-order valence-electron chi connectivity index (χ0n) is 7.78. The van der Waals surface area contributed by atoms with Gasteiger partial charge in [0.05, 0.1) is 6.10 Å². The molecule has 13 heavy (non-hydrogen) atoms. The Kier molecular flexibility index (Phi) is 2.24. The van der Waals surface area contributed by atoms with Gasteiger partial charge in [0.2, 0.25) is 0 Å². The fourth-order valence-electron chi connectivity index (χ4n) is 2.99. The molecule has 0 saturated heterocycles. The van der Waals surface area contributed by atoms with Gasteiger partial charge in [0.1, 0.15) is 5.78 Å². The molecule has 0 radical (unpaired) electrons. The molecule has 2 nitrogen and oxygen atoms in total. The van der Waals surface area contributed by atoms with Gasteiger partial charge in [0, 0.05) is 12.3 Å². The van der Waals surface area contributed by atoms with Crippen molar-refractivity contribution in [2.75, 3.05) is 0 Å².